The second-order valence-electron chi connectivity index (χ2n) is 7.31. The van der Waals surface area contributed by atoms with Crippen molar-refractivity contribution in [2.24, 2.45) is 0 Å². The summed E-state index contributed by atoms with van der Waals surface area (Å²) in [7, 11) is 3.06. The van der Waals surface area contributed by atoms with Crippen LogP contribution in [0.1, 0.15) is 32.3 Å². The maximum Gasteiger partial charge on any atom is 0.261 e. The topological polar surface area (TPSA) is 77.1 Å². The number of halogens is 2. The fourth-order valence-electron chi connectivity index (χ4n) is 3.21. The molecule has 7 nitrogen and oxygen atoms in total. The van der Waals surface area contributed by atoms with Crippen LogP contribution in [0.15, 0.2) is 36.4 Å². The zero-order valence-electron chi connectivity index (χ0n) is 19.3. The van der Waals surface area contributed by atoms with Gasteiger partial charge < -0.3 is 24.4 Å². The van der Waals surface area contributed by atoms with E-state index in [0.29, 0.717) is 45.8 Å². The normalized spacial score (nSPS) is 11.5. The molecule has 0 aliphatic heterocycles. The summed E-state index contributed by atoms with van der Waals surface area (Å²) < 4.78 is 16.2. The third kappa shape index (κ3) is 7.72. The van der Waals surface area contributed by atoms with Gasteiger partial charge in [-0.2, -0.15) is 0 Å². The molecular formula is C24H30Cl2N2O5. The molecule has 33 heavy (non-hydrogen) atoms. The summed E-state index contributed by atoms with van der Waals surface area (Å²) in [6, 6.07) is 9.38. The molecule has 0 aliphatic carbocycles. The lowest BCUT2D eigenvalue weighted by Crippen LogP contribution is -2.50. The summed E-state index contributed by atoms with van der Waals surface area (Å²) in [4.78, 5) is 27.6. The van der Waals surface area contributed by atoms with Crippen molar-refractivity contribution in [1.29, 1.82) is 0 Å². The van der Waals surface area contributed by atoms with Crippen molar-refractivity contribution in [2.75, 3.05) is 27.4 Å². The summed E-state index contributed by atoms with van der Waals surface area (Å²) in [5.41, 5.74) is 0.680. The van der Waals surface area contributed by atoms with Crippen LogP contribution in [0.25, 0.3) is 0 Å². The quantitative estimate of drug-likeness (QED) is 0.459. The van der Waals surface area contributed by atoms with Crippen molar-refractivity contribution in [2.45, 2.75) is 39.3 Å². The first-order valence-corrected chi connectivity index (χ1v) is 11.4. The highest BCUT2D eigenvalue weighted by molar-refractivity contribution is 6.35. The van der Waals surface area contributed by atoms with Gasteiger partial charge in [0.25, 0.3) is 5.91 Å². The molecule has 2 rings (SSSR count). The molecule has 2 amide bonds. The fourth-order valence-corrected chi connectivity index (χ4v) is 3.68. The van der Waals surface area contributed by atoms with Crippen LogP contribution in [-0.4, -0.2) is 50.1 Å². The molecule has 2 aromatic rings. The summed E-state index contributed by atoms with van der Waals surface area (Å²) in [5, 5.41) is 3.78. The lowest BCUT2D eigenvalue weighted by Gasteiger charge is -2.31. The molecule has 0 unspecified atom stereocenters. The van der Waals surface area contributed by atoms with Crippen molar-refractivity contribution in [3.05, 3.63) is 52.0 Å². The molecule has 0 aliphatic rings. The highest BCUT2D eigenvalue weighted by Gasteiger charge is 2.29. The van der Waals surface area contributed by atoms with Gasteiger partial charge in [0.05, 0.1) is 14.2 Å². The molecule has 1 atom stereocenters. The first kappa shape index (κ1) is 26.6. The van der Waals surface area contributed by atoms with Crippen LogP contribution in [0.2, 0.25) is 10.0 Å². The predicted molar refractivity (Wildman–Crippen MR) is 129 cm³/mol. The number of hydrogen-bond donors (Lipinski definition) is 1. The Labute approximate surface area is 204 Å². The van der Waals surface area contributed by atoms with Crippen molar-refractivity contribution in [1.82, 2.24) is 10.2 Å². The molecule has 180 valence electrons. The molecule has 0 saturated heterocycles. The van der Waals surface area contributed by atoms with Gasteiger partial charge in [0.15, 0.2) is 6.61 Å². The lowest BCUT2D eigenvalue weighted by molar-refractivity contribution is -0.143. The number of benzene rings is 2. The van der Waals surface area contributed by atoms with E-state index in [9.17, 15) is 9.59 Å². The number of carbonyl (C=O) groups is 2. The van der Waals surface area contributed by atoms with Gasteiger partial charge in [0, 0.05) is 41.3 Å². The maximum atomic E-state index is 13.3. The Morgan fingerprint density at radius 3 is 2.18 bits per heavy atom. The van der Waals surface area contributed by atoms with Crippen molar-refractivity contribution in [3.8, 4) is 17.2 Å². The molecule has 1 N–H and O–H groups in total. The number of hydrogen-bond acceptors (Lipinski definition) is 5. The Morgan fingerprint density at radius 1 is 1.00 bits per heavy atom. The van der Waals surface area contributed by atoms with Crippen LogP contribution >= 0.6 is 23.2 Å². The minimum absolute atomic E-state index is 0.137. The third-order valence-electron chi connectivity index (χ3n) is 4.98. The highest BCUT2D eigenvalue weighted by atomic mass is 35.5. The van der Waals surface area contributed by atoms with Crippen LogP contribution in [0.4, 0.5) is 0 Å². The van der Waals surface area contributed by atoms with Gasteiger partial charge in [-0.05, 0) is 30.5 Å². The Hall–Kier alpha value is -2.64. The Balaban J connectivity index is 2.27. The molecule has 0 saturated carbocycles. The van der Waals surface area contributed by atoms with Crippen LogP contribution < -0.4 is 19.5 Å². The summed E-state index contributed by atoms with van der Waals surface area (Å²) in [5.74, 6) is 0.897. The standard InChI is InChI=1S/C24H30Cl2N2O5/c1-5-9-27-24(30)22(6-2)28(14-16-7-8-17(25)10-21(16)26)23(29)15-33-20-12-18(31-3)11-19(13-20)32-4/h7-8,10-13,22H,5-6,9,14-15H2,1-4H3,(H,27,30)/t22-/m1/s1. The number of carbonyl (C=O) groups excluding carboxylic acids is 2. The number of ether oxygens (including phenoxy) is 3. The van der Waals surface area contributed by atoms with Gasteiger partial charge in [-0.25, -0.2) is 0 Å². The first-order chi connectivity index (χ1) is 15.8. The summed E-state index contributed by atoms with van der Waals surface area (Å²) >= 11 is 12.4. The van der Waals surface area contributed by atoms with Crippen LogP contribution in [-0.2, 0) is 16.1 Å². The zero-order valence-corrected chi connectivity index (χ0v) is 20.8. The van der Waals surface area contributed by atoms with Crippen molar-refractivity contribution >= 4 is 35.0 Å². The van der Waals surface area contributed by atoms with E-state index >= 15 is 0 Å². The van der Waals surface area contributed by atoms with Gasteiger partial charge in [-0.1, -0.05) is 43.1 Å². The molecule has 0 heterocycles. The maximum absolute atomic E-state index is 13.3. The van der Waals surface area contributed by atoms with Gasteiger partial charge in [-0.3, -0.25) is 9.59 Å². The average Bonchev–Trinajstić information content (AvgIpc) is 2.81. The third-order valence-corrected chi connectivity index (χ3v) is 5.57. The summed E-state index contributed by atoms with van der Waals surface area (Å²) in [6.07, 6.45) is 1.22. The van der Waals surface area contributed by atoms with Crippen LogP contribution in [0, 0.1) is 0 Å². The smallest absolute Gasteiger partial charge is 0.261 e. The van der Waals surface area contributed by atoms with E-state index in [1.807, 2.05) is 13.8 Å². The van der Waals surface area contributed by atoms with E-state index in [1.54, 1.807) is 36.4 Å². The van der Waals surface area contributed by atoms with E-state index in [2.05, 4.69) is 5.32 Å². The van der Waals surface area contributed by atoms with Crippen molar-refractivity contribution in [3.63, 3.8) is 0 Å². The number of amides is 2. The molecule has 0 radical (unpaired) electrons. The largest absolute Gasteiger partial charge is 0.496 e. The number of rotatable bonds is 12. The van der Waals surface area contributed by atoms with Gasteiger partial charge >= 0.3 is 0 Å². The first-order valence-electron chi connectivity index (χ1n) is 10.7. The molecular weight excluding hydrogens is 467 g/mol. The van der Waals surface area contributed by atoms with E-state index in [0.717, 1.165) is 6.42 Å². The molecule has 0 aromatic heterocycles. The fraction of sp³-hybridized carbons (Fsp3) is 0.417. The van der Waals surface area contributed by atoms with Crippen LogP contribution in [0.3, 0.4) is 0 Å². The highest BCUT2D eigenvalue weighted by Crippen LogP contribution is 2.28. The molecule has 2 aromatic carbocycles. The van der Waals surface area contributed by atoms with Gasteiger partial charge in [0.1, 0.15) is 23.3 Å². The van der Waals surface area contributed by atoms with Crippen molar-refractivity contribution < 1.29 is 23.8 Å². The van der Waals surface area contributed by atoms with Gasteiger partial charge in [0.2, 0.25) is 5.91 Å². The second-order valence-corrected chi connectivity index (χ2v) is 8.15. The van der Waals surface area contributed by atoms with E-state index in [-0.39, 0.29) is 25.0 Å². The minimum atomic E-state index is -0.681. The zero-order chi connectivity index (χ0) is 24.4. The van der Waals surface area contributed by atoms with Gasteiger partial charge in [-0.15, -0.1) is 0 Å². The van der Waals surface area contributed by atoms with Crippen LogP contribution in [0.5, 0.6) is 17.2 Å². The molecule has 0 bridgehead atoms. The number of nitrogens with zero attached hydrogens (tertiary/aromatic N) is 1. The SMILES string of the molecule is CCCNC(=O)[C@@H](CC)N(Cc1ccc(Cl)cc1Cl)C(=O)COc1cc(OC)cc(OC)c1. The minimum Gasteiger partial charge on any atom is -0.496 e. The lowest BCUT2D eigenvalue weighted by atomic mass is 10.1. The molecule has 0 fully saturated rings. The Morgan fingerprint density at radius 2 is 1.64 bits per heavy atom. The Bertz CT molecular complexity index is 932. The van der Waals surface area contributed by atoms with E-state index in [4.69, 9.17) is 37.4 Å². The predicted octanol–water partition coefficient (Wildman–Crippen LogP) is 4.72. The average molecular weight is 497 g/mol. The summed E-state index contributed by atoms with van der Waals surface area (Å²) in [6.45, 7) is 4.21. The molecule has 9 heteroatoms. The number of methoxy groups -OCH3 is 2. The monoisotopic (exact) mass is 496 g/mol. The van der Waals surface area contributed by atoms with E-state index < -0.39 is 6.04 Å². The molecule has 0 spiro atoms. The Kier molecular flexibility index (Phi) is 10.6. The van der Waals surface area contributed by atoms with E-state index in [1.165, 1.54) is 19.1 Å². The second kappa shape index (κ2) is 13.2. The number of nitrogens with one attached hydrogen (secondary N) is 1.